The van der Waals surface area contributed by atoms with Gasteiger partial charge >= 0.3 is 0 Å². The zero-order chi connectivity index (χ0) is 28.3. The van der Waals surface area contributed by atoms with E-state index in [9.17, 15) is 14.4 Å². The van der Waals surface area contributed by atoms with Crippen molar-refractivity contribution in [2.45, 2.75) is 117 Å². The third kappa shape index (κ3) is 7.64. The molecule has 4 rings (SSSR count). The van der Waals surface area contributed by atoms with Gasteiger partial charge in [0.25, 0.3) is 17.7 Å². The van der Waals surface area contributed by atoms with Crippen LogP contribution in [0.3, 0.4) is 0 Å². The smallest absolute Gasteiger partial charge is 0.251 e. The molecule has 1 aromatic carbocycles. The van der Waals surface area contributed by atoms with Crippen molar-refractivity contribution >= 4 is 17.7 Å². The maximum absolute atomic E-state index is 13.5. The highest BCUT2D eigenvalue weighted by Gasteiger charge is 2.30. The van der Waals surface area contributed by atoms with Gasteiger partial charge < -0.3 is 16.0 Å². The molecule has 6 nitrogen and oxygen atoms in total. The summed E-state index contributed by atoms with van der Waals surface area (Å²) in [7, 11) is 0. The Balaban J connectivity index is 1.55. The van der Waals surface area contributed by atoms with Gasteiger partial charge in [0.15, 0.2) is 0 Å². The zero-order valence-corrected chi connectivity index (χ0v) is 25.0. The van der Waals surface area contributed by atoms with Crippen LogP contribution in [0.25, 0.3) is 0 Å². The normalized spacial score (nSPS) is 35.1. The molecule has 0 heterocycles. The summed E-state index contributed by atoms with van der Waals surface area (Å²) in [5.74, 6) is 2.61. The molecule has 0 bridgehead atoms. The van der Waals surface area contributed by atoms with E-state index in [1.807, 2.05) is 0 Å². The molecule has 0 radical (unpaired) electrons. The average Bonchev–Trinajstić information content (AvgIpc) is 2.88. The summed E-state index contributed by atoms with van der Waals surface area (Å²) in [6.07, 6.45) is 9.45. The minimum Gasteiger partial charge on any atom is -0.349 e. The van der Waals surface area contributed by atoms with Crippen LogP contribution in [-0.2, 0) is 0 Å². The number of carbonyl (C=O) groups excluding carboxylic acids is 3. The fourth-order valence-electron chi connectivity index (χ4n) is 7.42. The van der Waals surface area contributed by atoms with Crippen molar-refractivity contribution in [3.63, 3.8) is 0 Å². The number of amides is 3. The number of benzene rings is 1. The van der Waals surface area contributed by atoms with Crippen LogP contribution in [0.4, 0.5) is 0 Å². The lowest BCUT2D eigenvalue weighted by Gasteiger charge is -2.34. The van der Waals surface area contributed by atoms with E-state index in [2.05, 4.69) is 57.5 Å². The summed E-state index contributed by atoms with van der Waals surface area (Å²) in [5, 5.41) is 9.67. The Morgan fingerprint density at radius 3 is 0.974 bits per heavy atom. The Labute approximate surface area is 235 Å². The first-order valence-electron chi connectivity index (χ1n) is 15.6. The summed E-state index contributed by atoms with van der Waals surface area (Å²) in [6.45, 7) is 13.4. The van der Waals surface area contributed by atoms with Crippen molar-refractivity contribution in [1.29, 1.82) is 0 Å². The predicted octanol–water partition coefficient (Wildman–Crippen LogP) is 6.35. The SMILES string of the molecule is CC1CCC(NC(=O)c2cc(C(=O)NC3CCC(C)CC3C)cc(C(=O)NC3CCC(C)CC3C)c2)C(C)C1. The lowest BCUT2D eigenvalue weighted by Crippen LogP contribution is -2.44. The first-order chi connectivity index (χ1) is 18.5. The summed E-state index contributed by atoms with van der Waals surface area (Å²) >= 11 is 0. The van der Waals surface area contributed by atoms with Crippen LogP contribution < -0.4 is 16.0 Å². The van der Waals surface area contributed by atoms with Crippen molar-refractivity contribution < 1.29 is 14.4 Å². The molecule has 0 spiro atoms. The van der Waals surface area contributed by atoms with Crippen LogP contribution in [0.1, 0.15) is 130 Å². The van der Waals surface area contributed by atoms with E-state index in [4.69, 9.17) is 0 Å². The van der Waals surface area contributed by atoms with Crippen LogP contribution >= 0.6 is 0 Å². The minimum absolute atomic E-state index is 0.110. The van der Waals surface area contributed by atoms with Gasteiger partial charge in [0.05, 0.1) is 0 Å². The lowest BCUT2D eigenvalue weighted by molar-refractivity contribution is 0.0899. The first-order valence-corrected chi connectivity index (χ1v) is 15.6. The largest absolute Gasteiger partial charge is 0.349 e. The molecule has 3 saturated carbocycles. The van der Waals surface area contributed by atoms with Gasteiger partial charge in [-0.3, -0.25) is 14.4 Å². The maximum Gasteiger partial charge on any atom is 0.251 e. The molecular weight excluding hydrogens is 486 g/mol. The first kappa shape index (κ1) is 29.6. The van der Waals surface area contributed by atoms with Crippen LogP contribution in [0.2, 0.25) is 0 Å². The molecule has 0 aliphatic heterocycles. The highest BCUT2D eigenvalue weighted by atomic mass is 16.2. The van der Waals surface area contributed by atoms with Crippen LogP contribution in [0, 0.1) is 35.5 Å². The summed E-state index contributed by atoms with van der Waals surface area (Å²) in [4.78, 5) is 40.4. The lowest BCUT2D eigenvalue weighted by atomic mass is 9.79. The highest BCUT2D eigenvalue weighted by Crippen LogP contribution is 2.31. The molecule has 216 valence electrons. The quantitative estimate of drug-likeness (QED) is 0.395. The van der Waals surface area contributed by atoms with Gasteiger partial charge in [0, 0.05) is 34.8 Å². The second-order valence-corrected chi connectivity index (χ2v) is 13.7. The molecule has 3 fully saturated rings. The number of nitrogens with one attached hydrogen (secondary N) is 3. The van der Waals surface area contributed by atoms with E-state index < -0.39 is 0 Å². The van der Waals surface area contributed by atoms with Crippen molar-refractivity contribution in [2.24, 2.45) is 35.5 Å². The van der Waals surface area contributed by atoms with Gasteiger partial charge in [-0.1, -0.05) is 41.5 Å². The molecule has 3 amide bonds. The van der Waals surface area contributed by atoms with E-state index in [0.29, 0.717) is 52.2 Å². The monoisotopic (exact) mass is 537 g/mol. The molecule has 6 heteroatoms. The van der Waals surface area contributed by atoms with E-state index in [-0.39, 0.29) is 35.8 Å². The molecular formula is C33H51N3O3. The fourth-order valence-corrected chi connectivity index (χ4v) is 7.42. The molecule has 39 heavy (non-hydrogen) atoms. The van der Waals surface area contributed by atoms with E-state index in [1.54, 1.807) is 18.2 Å². The number of rotatable bonds is 6. The molecule has 9 atom stereocenters. The van der Waals surface area contributed by atoms with Crippen molar-refractivity contribution in [1.82, 2.24) is 16.0 Å². The molecule has 9 unspecified atom stereocenters. The second kappa shape index (κ2) is 12.9. The standard InChI is InChI=1S/C33H51N3O3/c1-19-7-10-28(22(4)13-19)34-31(37)25-16-26(32(38)35-29-11-8-20(2)14-23(29)5)18-27(17-25)33(39)36-30-12-9-21(3)15-24(30)6/h16-24,28-30H,7-15H2,1-6H3,(H,34,37)(H,35,38)(H,36,39). The third-order valence-electron chi connectivity index (χ3n) is 9.96. The maximum atomic E-state index is 13.5. The van der Waals surface area contributed by atoms with E-state index >= 15 is 0 Å². The Bertz CT molecular complexity index is 898. The third-order valence-corrected chi connectivity index (χ3v) is 9.96. The molecule has 1 aromatic rings. The van der Waals surface area contributed by atoms with E-state index in [1.165, 1.54) is 0 Å². The number of hydrogen-bond donors (Lipinski definition) is 3. The summed E-state index contributed by atoms with van der Waals surface area (Å²) < 4.78 is 0. The summed E-state index contributed by atoms with van der Waals surface area (Å²) in [5.41, 5.74) is 1.15. The van der Waals surface area contributed by atoms with Crippen LogP contribution in [0.5, 0.6) is 0 Å². The fraction of sp³-hybridized carbons (Fsp3) is 0.727. The van der Waals surface area contributed by atoms with Gasteiger partial charge in [0.2, 0.25) is 0 Å². The molecule has 0 aromatic heterocycles. The molecule has 3 N–H and O–H groups in total. The molecule has 3 aliphatic rings. The predicted molar refractivity (Wildman–Crippen MR) is 157 cm³/mol. The molecule has 0 saturated heterocycles. The van der Waals surface area contributed by atoms with Gasteiger partial charge in [0.1, 0.15) is 0 Å². The van der Waals surface area contributed by atoms with Crippen molar-refractivity contribution in [2.75, 3.05) is 0 Å². The van der Waals surface area contributed by atoms with Crippen LogP contribution in [-0.4, -0.2) is 35.8 Å². The number of carbonyl (C=O) groups is 3. The Morgan fingerprint density at radius 2 is 0.744 bits per heavy atom. The van der Waals surface area contributed by atoms with Crippen LogP contribution in [0.15, 0.2) is 18.2 Å². The Morgan fingerprint density at radius 1 is 0.487 bits per heavy atom. The molecule has 3 aliphatic carbocycles. The summed E-state index contributed by atoms with van der Waals surface area (Å²) in [6, 6.07) is 5.33. The Hall–Kier alpha value is -2.37. The van der Waals surface area contributed by atoms with Gasteiger partial charge in [-0.25, -0.2) is 0 Å². The van der Waals surface area contributed by atoms with Gasteiger partial charge in [-0.2, -0.15) is 0 Å². The second-order valence-electron chi connectivity index (χ2n) is 13.7. The van der Waals surface area contributed by atoms with Crippen molar-refractivity contribution in [3.8, 4) is 0 Å². The topological polar surface area (TPSA) is 87.3 Å². The average molecular weight is 538 g/mol. The van der Waals surface area contributed by atoms with E-state index in [0.717, 1.165) is 57.8 Å². The highest BCUT2D eigenvalue weighted by molar-refractivity contribution is 6.04. The zero-order valence-electron chi connectivity index (χ0n) is 25.0. The van der Waals surface area contributed by atoms with Crippen molar-refractivity contribution in [3.05, 3.63) is 34.9 Å². The Kier molecular flexibility index (Phi) is 9.77. The minimum atomic E-state index is -0.204. The van der Waals surface area contributed by atoms with Gasteiger partial charge in [-0.15, -0.1) is 0 Å². The number of hydrogen-bond acceptors (Lipinski definition) is 3. The van der Waals surface area contributed by atoms with Gasteiger partial charge in [-0.05, 0) is 111 Å².